The summed E-state index contributed by atoms with van der Waals surface area (Å²) >= 11 is 0. The first kappa shape index (κ1) is 24.3. The highest BCUT2D eigenvalue weighted by Gasteiger charge is 2.35. The van der Waals surface area contributed by atoms with Crippen LogP contribution in [0.3, 0.4) is 0 Å². The van der Waals surface area contributed by atoms with Gasteiger partial charge in [-0.25, -0.2) is 8.42 Å². The summed E-state index contributed by atoms with van der Waals surface area (Å²) in [5, 5.41) is 2.97. The molecule has 7 nitrogen and oxygen atoms in total. The van der Waals surface area contributed by atoms with E-state index in [1.54, 1.807) is 41.3 Å². The smallest absolute Gasteiger partial charge is 0.261 e. The Morgan fingerprint density at radius 3 is 2.59 bits per heavy atom. The molecule has 2 aromatic carbocycles. The lowest BCUT2D eigenvalue weighted by Gasteiger charge is -2.25. The number of nitrogens with one attached hydrogen (secondary N) is 2. The molecule has 2 aliphatic rings. The molecular weight excluding hydrogens is 450 g/mol. The number of likely N-dealkylation sites (tertiary alicyclic amines) is 1. The molecule has 4 rings (SSSR count). The van der Waals surface area contributed by atoms with E-state index in [1.807, 2.05) is 19.9 Å². The Labute approximate surface area is 202 Å². The Bertz CT molecular complexity index is 1180. The van der Waals surface area contributed by atoms with Crippen molar-refractivity contribution in [2.24, 2.45) is 0 Å². The van der Waals surface area contributed by atoms with E-state index < -0.39 is 16.1 Å². The molecule has 1 aliphatic carbocycles. The summed E-state index contributed by atoms with van der Waals surface area (Å²) in [7, 11) is -3.79. The van der Waals surface area contributed by atoms with Gasteiger partial charge in [0.2, 0.25) is 5.91 Å². The van der Waals surface area contributed by atoms with Crippen LogP contribution in [0.25, 0.3) is 0 Å². The number of benzene rings is 2. The zero-order valence-electron chi connectivity index (χ0n) is 19.8. The fourth-order valence-electron chi connectivity index (χ4n) is 4.70. The Balaban J connectivity index is 1.50. The number of amides is 2. The van der Waals surface area contributed by atoms with Gasteiger partial charge in [0, 0.05) is 23.8 Å². The average Bonchev–Trinajstić information content (AvgIpc) is 3.33. The van der Waals surface area contributed by atoms with E-state index in [4.69, 9.17) is 0 Å². The van der Waals surface area contributed by atoms with Crippen LogP contribution in [0.15, 0.2) is 47.4 Å². The molecule has 8 heteroatoms. The van der Waals surface area contributed by atoms with Gasteiger partial charge in [0.05, 0.1) is 4.90 Å². The predicted molar refractivity (Wildman–Crippen MR) is 132 cm³/mol. The number of aryl methyl sites for hydroxylation is 2. The number of hydrogen-bond donors (Lipinski definition) is 2. The van der Waals surface area contributed by atoms with Gasteiger partial charge in [0.25, 0.3) is 15.9 Å². The molecule has 2 aromatic rings. The largest absolute Gasteiger partial charge is 0.352 e. The zero-order valence-corrected chi connectivity index (χ0v) is 20.7. The average molecular weight is 484 g/mol. The summed E-state index contributed by atoms with van der Waals surface area (Å²) in [5.41, 5.74) is 2.99. The first-order chi connectivity index (χ1) is 16.3. The highest BCUT2D eigenvalue weighted by atomic mass is 32.2. The Morgan fingerprint density at radius 1 is 1.06 bits per heavy atom. The topological polar surface area (TPSA) is 95.6 Å². The van der Waals surface area contributed by atoms with Crippen LogP contribution in [-0.2, 0) is 27.7 Å². The highest BCUT2D eigenvalue weighted by Crippen LogP contribution is 2.26. The molecule has 2 N–H and O–H groups in total. The number of carbonyl (C=O) groups is 2. The zero-order chi connectivity index (χ0) is 24.3. The van der Waals surface area contributed by atoms with E-state index in [-0.39, 0.29) is 22.8 Å². The summed E-state index contributed by atoms with van der Waals surface area (Å²) < 4.78 is 28.7. The molecular formula is C26H33N3O4S. The molecule has 0 bridgehead atoms. The van der Waals surface area contributed by atoms with Crippen molar-refractivity contribution in [3.05, 3.63) is 59.2 Å². The third kappa shape index (κ3) is 5.27. The van der Waals surface area contributed by atoms with Crippen molar-refractivity contribution in [1.82, 2.24) is 10.2 Å². The Hall–Kier alpha value is -2.87. The van der Waals surface area contributed by atoms with Crippen LogP contribution < -0.4 is 10.0 Å². The maximum Gasteiger partial charge on any atom is 0.261 e. The molecule has 1 heterocycles. The van der Waals surface area contributed by atoms with Gasteiger partial charge in [-0.1, -0.05) is 19.1 Å². The number of nitrogens with zero attached hydrogens (tertiary/aromatic N) is 1. The summed E-state index contributed by atoms with van der Waals surface area (Å²) in [6.07, 6.45) is 6.28. The van der Waals surface area contributed by atoms with Crippen molar-refractivity contribution < 1.29 is 18.0 Å². The maximum absolute atomic E-state index is 13.2. The lowest BCUT2D eigenvalue weighted by atomic mass is 9.92. The summed E-state index contributed by atoms with van der Waals surface area (Å²) in [6, 6.07) is 11.3. The van der Waals surface area contributed by atoms with E-state index in [0.717, 1.165) is 44.1 Å². The number of rotatable bonds is 7. The van der Waals surface area contributed by atoms with E-state index in [9.17, 15) is 18.0 Å². The molecule has 0 saturated carbocycles. The molecule has 2 amide bonds. The number of fused-ring (bicyclic) bond motifs is 1. The standard InChI is InChI=1S/C26H33N3O4S/c1-3-18(2)27-25(30)24-12-7-15-29(24)26(31)21-10-6-11-22(16-21)28-34(32,33)23-14-13-19-8-4-5-9-20(19)17-23/h6,10-11,13-14,16-18,24,28H,3-5,7-9,12,15H2,1-2H3,(H,27,30). The van der Waals surface area contributed by atoms with Crippen LogP contribution in [0, 0.1) is 0 Å². The van der Waals surface area contributed by atoms with E-state index in [0.29, 0.717) is 24.2 Å². The summed E-state index contributed by atoms with van der Waals surface area (Å²) in [6.45, 7) is 4.44. The molecule has 1 fully saturated rings. The number of sulfonamides is 1. The lowest BCUT2D eigenvalue weighted by Crippen LogP contribution is -2.48. The SMILES string of the molecule is CCC(C)NC(=O)C1CCCN1C(=O)c1cccc(NS(=O)(=O)c2ccc3c(c2)CCCC3)c1. The molecule has 34 heavy (non-hydrogen) atoms. The number of hydrogen-bond acceptors (Lipinski definition) is 4. The van der Waals surface area contributed by atoms with Crippen molar-refractivity contribution in [3.63, 3.8) is 0 Å². The van der Waals surface area contributed by atoms with Crippen LogP contribution in [0.1, 0.15) is 67.4 Å². The normalized spacial score (nSPS) is 18.8. The van der Waals surface area contributed by atoms with Crippen LogP contribution >= 0.6 is 0 Å². The number of anilines is 1. The molecule has 182 valence electrons. The predicted octanol–water partition coefficient (Wildman–Crippen LogP) is 3.89. The van der Waals surface area contributed by atoms with Gasteiger partial charge in [-0.05, 0) is 93.3 Å². The molecule has 0 radical (unpaired) electrons. The van der Waals surface area contributed by atoms with Crippen molar-refractivity contribution in [3.8, 4) is 0 Å². The molecule has 1 aliphatic heterocycles. The first-order valence-corrected chi connectivity index (χ1v) is 13.6. The molecule has 2 atom stereocenters. The summed E-state index contributed by atoms with van der Waals surface area (Å²) in [4.78, 5) is 27.7. The third-order valence-corrected chi connectivity index (χ3v) is 8.19. The van der Waals surface area contributed by atoms with Gasteiger partial charge in [0.1, 0.15) is 6.04 Å². The fourth-order valence-corrected chi connectivity index (χ4v) is 5.80. The fraction of sp³-hybridized carbons (Fsp3) is 0.462. The monoisotopic (exact) mass is 483 g/mol. The van der Waals surface area contributed by atoms with Crippen molar-refractivity contribution in [2.45, 2.75) is 75.8 Å². The van der Waals surface area contributed by atoms with E-state index >= 15 is 0 Å². The van der Waals surface area contributed by atoms with Crippen LogP contribution in [0.5, 0.6) is 0 Å². The van der Waals surface area contributed by atoms with Crippen LogP contribution in [0.4, 0.5) is 5.69 Å². The van der Waals surface area contributed by atoms with Crippen molar-refractivity contribution in [2.75, 3.05) is 11.3 Å². The van der Waals surface area contributed by atoms with Gasteiger partial charge in [-0.2, -0.15) is 0 Å². The Morgan fingerprint density at radius 2 is 1.82 bits per heavy atom. The minimum absolute atomic E-state index is 0.0476. The summed E-state index contributed by atoms with van der Waals surface area (Å²) in [5.74, 6) is -0.402. The first-order valence-electron chi connectivity index (χ1n) is 12.1. The minimum Gasteiger partial charge on any atom is -0.352 e. The lowest BCUT2D eigenvalue weighted by molar-refractivity contribution is -0.125. The second-order valence-electron chi connectivity index (χ2n) is 9.30. The quantitative estimate of drug-likeness (QED) is 0.625. The van der Waals surface area contributed by atoms with Gasteiger partial charge in [0.15, 0.2) is 0 Å². The molecule has 0 spiro atoms. The number of carbonyl (C=O) groups excluding carboxylic acids is 2. The highest BCUT2D eigenvalue weighted by molar-refractivity contribution is 7.92. The molecule has 2 unspecified atom stereocenters. The van der Waals surface area contributed by atoms with Crippen molar-refractivity contribution >= 4 is 27.5 Å². The van der Waals surface area contributed by atoms with Gasteiger partial charge in [-0.3, -0.25) is 14.3 Å². The third-order valence-electron chi connectivity index (χ3n) is 6.81. The second-order valence-corrected chi connectivity index (χ2v) is 11.0. The van der Waals surface area contributed by atoms with Crippen molar-refractivity contribution in [1.29, 1.82) is 0 Å². The van der Waals surface area contributed by atoms with E-state index in [1.165, 1.54) is 5.56 Å². The molecule has 1 saturated heterocycles. The molecule has 0 aromatic heterocycles. The van der Waals surface area contributed by atoms with Crippen LogP contribution in [-0.4, -0.2) is 43.8 Å². The van der Waals surface area contributed by atoms with E-state index in [2.05, 4.69) is 10.0 Å². The van der Waals surface area contributed by atoms with Gasteiger partial charge in [-0.15, -0.1) is 0 Å². The van der Waals surface area contributed by atoms with Gasteiger partial charge >= 0.3 is 0 Å². The second kappa shape index (κ2) is 10.2. The Kier molecular flexibility index (Phi) is 7.26. The minimum atomic E-state index is -3.79. The van der Waals surface area contributed by atoms with Crippen LogP contribution in [0.2, 0.25) is 0 Å². The van der Waals surface area contributed by atoms with Gasteiger partial charge < -0.3 is 10.2 Å². The maximum atomic E-state index is 13.2.